The van der Waals surface area contributed by atoms with E-state index in [2.05, 4.69) is 31.6 Å². The highest BCUT2D eigenvalue weighted by molar-refractivity contribution is 9.09. The number of methoxy groups -OCH3 is 1. The molecule has 29 heteroatoms. The summed E-state index contributed by atoms with van der Waals surface area (Å²) in [5, 5.41) is 63.8. The number of fused-ring (bicyclic) bond motifs is 5. The molecular weight excluding hydrogens is 1110 g/mol. The number of hydrogen-bond donors (Lipinski definition) is 6. The minimum Gasteiger partial charge on any atom is -0.479 e. The maximum atomic E-state index is 16.5. The Kier molecular flexibility index (Phi) is 16.0. The minimum atomic E-state index is -5.47. The number of aromatic nitrogens is 5. The van der Waals surface area contributed by atoms with Crippen LogP contribution in [0, 0.1) is 5.82 Å². The number of ether oxygens (including phenoxy) is 5. The number of esters is 1. The molecule has 412 valence electrons. The van der Waals surface area contributed by atoms with Gasteiger partial charge in [0.1, 0.15) is 30.6 Å². The predicted molar refractivity (Wildman–Crippen MR) is 262 cm³/mol. The van der Waals surface area contributed by atoms with Crippen molar-refractivity contribution < 1.29 is 89.6 Å². The van der Waals surface area contributed by atoms with Crippen LogP contribution in [-0.4, -0.2) is 163 Å². The number of halogens is 2. The number of nitrogens with one attached hydrogen (secondary N) is 1. The molecule has 3 aromatic heterocycles. The monoisotopic (exact) mass is 1160 g/mol. The number of benzene rings is 2. The molecule has 6 N–H and O–H groups in total. The van der Waals surface area contributed by atoms with Gasteiger partial charge in [-0.1, -0.05) is 28.1 Å². The summed E-state index contributed by atoms with van der Waals surface area (Å²) in [5.74, 6) is -6.97. The number of carbonyl (C=O) groups is 4. The zero-order chi connectivity index (χ0) is 55.1. The molecule has 6 atom stereocenters. The number of alkyl halides is 1. The molecule has 1 aliphatic carbocycles. The maximum Gasteiger partial charge on any atom is 0.501 e. The summed E-state index contributed by atoms with van der Waals surface area (Å²) >= 11 is 3.07. The first-order chi connectivity index (χ1) is 36.8. The quantitative estimate of drug-likeness (QED) is 0.0316. The van der Waals surface area contributed by atoms with Crippen molar-refractivity contribution in [1.29, 1.82) is 0 Å². The molecule has 3 aliphatic heterocycles. The number of carbonyl (C=O) groups excluding carboxylic acids is 3. The molecule has 1 unspecified atom stereocenters. The van der Waals surface area contributed by atoms with Crippen LogP contribution in [-0.2, 0) is 88.4 Å². The molecule has 2 amide bonds. The third kappa shape index (κ3) is 10.8. The van der Waals surface area contributed by atoms with Gasteiger partial charge in [-0.15, -0.1) is 13.5 Å². The molecule has 0 saturated carbocycles. The summed E-state index contributed by atoms with van der Waals surface area (Å²) in [4.78, 5) is 70.4. The normalized spacial score (nSPS) is 21.4. The van der Waals surface area contributed by atoms with E-state index in [9.17, 15) is 57.9 Å². The van der Waals surface area contributed by atoms with Gasteiger partial charge < -0.3 is 72.4 Å². The standard InChI is InChI=1S/C48H51BrFN7O19S/c1-3-48(67)29-16-32-37-27(21-57(32)44(63)28(29)22-72-47(48)66)25-5-4-6-26-36(25)31(52-37)17-30(50)41(26)76-77(68,69)75-34-15-23(7-8-33(34)73-46-40(61)38(59)39(60)42(74-46)45(64)65)43(62)55(9-12-70-2)10-13-71-14-11-56-20-24(53-54-56)19-51-35(58)18-49/h7-8,15-17,20,38-40,42,46,59-61,67H,3-6,9-14,18-19,21-22H2,1-2H3,(H,51,58)(H,64,65)/t38-,39-,40+,42-,46?,48-/m0/s1. The Morgan fingerprint density at radius 1 is 0.987 bits per heavy atom. The van der Waals surface area contributed by atoms with Gasteiger partial charge in [0, 0.05) is 53.9 Å². The van der Waals surface area contributed by atoms with E-state index in [1.807, 2.05) is 0 Å². The highest BCUT2D eigenvalue weighted by Crippen LogP contribution is 2.45. The van der Waals surface area contributed by atoms with Gasteiger partial charge >= 0.3 is 22.3 Å². The minimum absolute atomic E-state index is 0.00504. The van der Waals surface area contributed by atoms with Crippen LogP contribution < -0.4 is 24.0 Å². The van der Waals surface area contributed by atoms with E-state index in [-0.39, 0.29) is 117 Å². The van der Waals surface area contributed by atoms with Crippen molar-refractivity contribution in [2.24, 2.45) is 0 Å². The molecule has 0 spiro atoms. The van der Waals surface area contributed by atoms with Gasteiger partial charge in [-0.3, -0.25) is 14.4 Å². The zero-order valence-corrected chi connectivity index (χ0v) is 43.5. The van der Waals surface area contributed by atoms with Crippen LogP contribution in [0.4, 0.5) is 4.39 Å². The van der Waals surface area contributed by atoms with Crippen molar-refractivity contribution in [3.05, 3.63) is 91.8 Å². The Morgan fingerprint density at radius 3 is 2.49 bits per heavy atom. The summed E-state index contributed by atoms with van der Waals surface area (Å²) in [5.41, 5.74) is -0.195. The van der Waals surface area contributed by atoms with E-state index in [0.29, 0.717) is 40.7 Å². The van der Waals surface area contributed by atoms with E-state index in [4.69, 9.17) is 37.0 Å². The molecule has 5 aromatic rings. The first-order valence-electron chi connectivity index (χ1n) is 24.1. The molecule has 1 saturated heterocycles. The van der Waals surface area contributed by atoms with Crippen LogP contribution in [0.2, 0.25) is 0 Å². The van der Waals surface area contributed by atoms with Crippen LogP contribution >= 0.6 is 15.9 Å². The number of rotatable bonds is 21. The molecule has 0 bridgehead atoms. The second-order valence-electron chi connectivity index (χ2n) is 18.3. The molecule has 6 heterocycles. The number of aliphatic carboxylic acids is 1. The fourth-order valence-electron chi connectivity index (χ4n) is 9.62. The summed E-state index contributed by atoms with van der Waals surface area (Å²) in [7, 11) is -4.06. The van der Waals surface area contributed by atoms with Gasteiger partial charge in [0.05, 0.1) is 73.4 Å². The molecule has 9 rings (SSSR count). The molecule has 1 fully saturated rings. The number of hydrogen-bond acceptors (Lipinski definition) is 21. The number of aliphatic hydroxyl groups excluding tert-OH is 3. The number of nitrogens with zero attached hydrogens (tertiary/aromatic N) is 6. The Morgan fingerprint density at radius 2 is 1.75 bits per heavy atom. The summed E-state index contributed by atoms with van der Waals surface area (Å²) in [6, 6.07) is 5.58. The number of aryl methyl sites for hydroxylation is 2. The average molecular weight is 1160 g/mol. The van der Waals surface area contributed by atoms with Crippen molar-refractivity contribution >= 4 is 61.0 Å². The van der Waals surface area contributed by atoms with E-state index in [1.54, 1.807) is 13.1 Å². The molecule has 2 aromatic carbocycles. The van der Waals surface area contributed by atoms with Crippen LogP contribution in [0.15, 0.2) is 41.3 Å². The summed E-state index contributed by atoms with van der Waals surface area (Å²) in [6.45, 7) is 1.82. The Bertz CT molecular complexity index is 3340. The van der Waals surface area contributed by atoms with E-state index < -0.39 is 93.2 Å². The smallest absolute Gasteiger partial charge is 0.479 e. The van der Waals surface area contributed by atoms with Crippen LogP contribution in [0.25, 0.3) is 22.3 Å². The van der Waals surface area contributed by atoms with Gasteiger partial charge in [-0.25, -0.2) is 23.6 Å². The first-order valence-corrected chi connectivity index (χ1v) is 26.5. The largest absolute Gasteiger partial charge is 0.501 e. The number of pyridine rings is 2. The maximum absolute atomic E-state index is 16.5. The van der Waals surface area contributed by atoms with Crippen LogP contribution in [0.1, 0.15) is 63.6 Å². The first kappa shape index (κ1) is 55.1. The van der Waals surface area contributed by atoms with Crippen LogP contribution in [0.3, 0.4) is 0 Å². The zero-order valence-electron chi connectivity index (χ0n) is 41.0. The molecule has 0 radical (unpaired) electrons. The van der Waals surface area contributed by atoms with Gasteiger partial charge in [-0.2, -0.15) is 0 Å². The van der Waals surface area contributed by atoms with Gasteiger partial charge in [-0.05, 0) is 55.5 Å². The number of carboxylic acids is 1. The lowest BCUT2D eigenvalue weighted by atomic mass is 9.85. The van der Waals surface area contributed by atoms with Gasteiger partial charge in [0.2, 0.25) is 12.2 Å². The SMILES string of the molecule is CC[C@@]1(O)C(=O)OCc2c1cc1n(c2=O)Cc2c-1nc1cc(F)c(OS(=O)(=O)Oc3cc(C(=O)N(CCOC)CCOCCn4cc(CNC(=O)CBr)nn4)ccc3OC3O[C@H](C(=O)O)[C@@H](O)[C@H](O)[C@H]3O)c3c1c2CCC3. The second kappa shape index (κ2) is 22.3. The average Bonchev–Trinajstić information content (AvgIpc) is 4.28. The van der Waals surface area contributed by atoms with E-state index in [1.165, 1.54) is 33.4 Å². The number of aliphatic hydroxyl groups is 4. The van der Waals surface area contributed by atoms with Crippen molar-refractivity contribution in [2.75, 3.05) is 45.4 Å². The predicted octanol–water partition coefficient (Wildman–Crippen LogP) is 0.0890. The summed E-state index contributed by atoms with van der Waals surface area (Å²) in [6.07, 6.45) is -8.20. The van der Waals surface area contributed by atoms with E-state index >= 15 is 4.39 Å². The Hall–Kier alpha value is -6.70. The van der Waals surface area contributed by atoms with Crippen molar-refractivity contribution in [2.45, 2.75) is 95.2 Å². The molecule has 26 nitrogen and oxygen atoms in total. The van der Waals surface area contributed by atoms with Crippen molar-refractivity contribution in [3.63, 3.8) is 0 Å². The summed E-state index contributed by atoms with van der Waals surface area (Å²) < 4.78 is 85.7. The number of amides is 2. The third-order valence-corrected chi connectivity index (χ3v) is 14.8. The lowest BCUT2D eigenvalue weighted by Crippen LogP contribution is -2.61. The highest BCUT2D eigenvalue weighted by atomic mass is 79.9. The van der Waals surface area contributed by atoms with Gasteiger partial charge in [0.15, 0.2) is 34.8 Å². The second-order valence-corrected chi connectivity index (χ2v) is 20.0. The number of cyclic esters (lactones) is 1. The van der Waals surface area contributed by atoms with E-state index in [0.717, 1.165) is 18.2 Å². The molecule has 4 aliphatic rings. The lowest BCUT2D eigenvalue weighted by molar-refractivity contribution is -0.271. The Labute approximate surface area is 444 Å². The lowest BCUT2D eigenvalue weighted by Gasteiger charge is -2.38. The fourth-order valence-corrected chi connectivity index (χ4v) is 10.6. The van der Waals surface area contributed by atoms with Crippen molar-refractivity contribution in [3.8, 4) is 28.6 Å². The van der Waals surface area contributed by atoms with Crippen LogP contribution in [0.5, 0.6) is 17.2 Å². The fraction of sp³-hybridized carbons (Fsp3) is 0.458. The Balaban J connectivity index is 0.996. The van der Waals surface area contributed by atoms with Gasteiger partial charge in [0.25, 0.3) is 11.5 Å². The molecular formula is C48H51BrFN7O19S. The van der Waals surface area contributed by atoms with Crippen molar-refractivity contribution in [1.82, 2.24) is 34.8 Å². The third-order valence-electron chi connectivity index (χ3n) is 13.6. The number of carboxylic acid groups (broad SMARTS) is 1. The molecule has 77 heavy (non-hydrogen) atoms. The topological polar surface area (TPSA) is 349 Å². The highest BCUT2D eigenvalue weighted by Gasteiger charge is 2.49.